The third-order valence-electron chi connectivity index (χ3n) is 7.50. The molecule has 0 aliphatic carbocycles. The van der Waals surface area contributed by atoms with E-state index in [1.165, 1.54) is 13.2 Å². The van der Waals surface area contributed by atoms with E-state index in [-0.39, 0.29) is 46.7 Å². The van der Waals surface area contributed by atoms with Gasteiger partial charge < -0.3 is 28.7 Å². The number of phenols is 1. The molecular weight excluding hydrogens is 464 g/mol. The molecule has 2 saturated heterocycles. The summed E-state index contributed by atoms with van der Waals surface area (Å²) in [6.07, 6.45) is 5.89. The SMILES string of the molecule is COC(=O)c1c(O)ccc2oc(C[C@@H]3CCC[C@]4(CC[C@@H](C)[C@@H]([C@H](C)C(=O)c5ccc[nH]5)O4)O3)nc12. The van der Waals surface area contributed by atoms with Crippen molar-refractivity contribution in [1.29, 1.82) is 0 Å². The quantitative estimate of drug-likeness (QED) is 0.369. The van der Waals surface area contributed by atoms with Gasteiger partial charge in [-0.2, -0.15) is 0 Å². The second kappa shape index (κ2) is 9.71. The van der Waals surface area contributed by atoms with Crippen LogP contribution in [0.2, 0.25) is 0 Å². The average molecular weight is 497 g/mol. The summed E-state index contributed by atoms with van der Waals surface area (Å²) in [6.45, 7) is 4.05. The highest BCUT2D eigenvalue weighted by Gasteiger charge is 2.47. The van der Waals surface area contributed by atoms with E-state index in [1.54, 1.807) is 18.3 Å². The van der Waals surface area contributed by atoms with E-state index in [2.05, 4.69) is 16.9 Å². The van der Waals surface area contributed by atoms with Crippen molar-refractivity contribution in [3.63, 3.8) is 0 Å². The molecule has 192 valence electrons. The zero-order chi connectivity index (χ0) is 25.4. The second-order valence-electron chi connectivity index (χ2n) is 9.99. The van der Waals surface area contributed by atoms with Gasteiger partial charge in [-0.1, -0.05) is 13.8 Å². The number of oxazole rings is 1. The Kier molecular flexibility index (Phi) is 6.61. The molecule has 1 aromatic carbocycles. The van der Waals surface area contributed by atoms with Crippen LogP contribution in [0.15, 0.2) is 34.9 Å². The summed E-state index contributed by atoms with van der Waals surface area (Å²) in [4.78, 5) is 32.7. The van der Waals surface area contributed by atoms with Gasteiger partial charge in [0.15, 0.2) is 23.0 Å². The van der Waals surface area contributed by atoms with Crippen molar-refractivity contribution in [1.82, 2.24) is 9.97 Å². The normalized spacial score (nSPS) is 27.2. The third-order valence-corrected chi connectivity index (χ3v) is 7.50. The van der Waals surface area contributed by atoms with Gasteiger partial charge in [0, 0.05) is 25.0 Å². The Morgan fingerprint density at radius 3 is 2.83 bits per heavy atom. The maximum absolute atomic E-state index is 13.0. The fraction of sp³-hybridized carbons (Fsp3) is 0.519. The Labute approximate surface area is 209 Å². The molecule has 36 heavy (non-hydrogen) atoms. The van der Waals surface area contributed by atoms with E-state index < -0.39 is 11.8 Å². The summed E-state index contributed by atoms with van der Waals surface area (Å²) in [7, 11) is 1.25. The van der Waals surface area contributed by atoms with Crippen molar-refractivity contribution in [3.05, 3.63) is 47.6 Å². The van der Waals surface area contributed by atoms with Crippen LogP contribution in [0.5, 0.6) is 5.75 Å². The van der Waals surface area contributed by atoms with Crippen LogP contribution in [0, 0.1) is 11.8 Å². The van der Waals surface area contributed by atoms with Crippen molar-refractivity contribution < 1.29 is 33.3 Å². The smallest absolute Gasteiger partial charge is 0.344 e. The number of phenolic OH excluding ortho intramolecular Hbond substituents is 1. The van der Waals surface area contributed by atoms with Gasteiger partial charge in [0.2, 0.25) is 0 Å². The average Bonchev–Trinajstić information content (AvgIpc) is 3.55. The van der Waals surface area contributed by atoms with Gasteiger partial charge in [0.25, 0.3) is 0 Å². The molecule has 0 radical (unpaired) electrons. The van der Waals surface area contributed by atoms with E-state index in [9.17, 15) is 14.7 Å². The third kappa shape index (κ3) is 4.53. The van der Waals surface area contributed by atoms with Crippen LogP contribution in [0.4, 0.5) is 0 Å². The van der Waals surface area contributed by atoms with E-state index in [1.807, 2.05) is 13.0 Å². The van der Waals surface area contributed by atoms with Gasteiger partial charge in [-0.15, -0.1) is 0 Å². The molecule has 0 saturated carbocycles. The van der Waals surface area contributed by atoms with Crippen molar-refractivity contribution in [2.75, 3.05) is 7.11 Å². The number of methoxy groups -OCH3 is 1. The molecule has 5 rings (SSSR count). The lowest BCUT2D eigenvalue weighted by molar-refractivity contribution is -0.327. The second-order valence-corrected chi connectivity index (χ2v) is 9.99. The largest absolute Gasteiger partial charge is 0.507 e. The first-order valence-corrected chi connectivity index (χ1v) is 12.5. The number of carbonyl (C=O) groups excluding carboxylic acids is 2. The number of nitrogens with zero attached hydrogens (tertiary/aromatic N) is 1. The number of benzene rings is 1. The van der Waals surface area contributed by atoms with E-state index >= 15 is 0 Å². The molecule has 2 aliphatic heterocycles. The molecule has 2 aromatic heterocycles. The monoisotopic (exact) mass is 496 g/mol. The maximum Gasteiger partial charge on any atom is 0.344 e. The lowest BCUT2D eigenvalue weighted by Crippen LogP contribution is -2.53. The number of aromatic hydroxyl groups is 1. The zero-order valence-corrected chi connectivity index (χ0v) is 20.8. The number of rotatable bonds is 6. The summed E-state index contributed by atoms with van der Waals surface area (Å²) in [6, 6.07) is 6.59. The standard InChI is InChI=1S/C27H32N2O7/c1-15-10-12-27(36-25(15)16(2)24(31)18-7-5-13-28-18)11-4-6-17(35-27)14-21-29-23-20(34-21)9-8-19(30)22(23)26(32)33-3/h5,7-9,13,15-17,25,28,30H,4,6,10-12,14H2,1-3H3/t15-,16-,17+,25+,27+/m1/s1. The molecule has 9 nitrogen and oxygen atoms in total. The molecule has 9 heteroatoms. The van der Waals surface area contributed by atoms with Gasteiger partial charge in [-0.3, -0.25) is 4.79 Å². The summed E-state index contributed by atoms with van der Waals surface area (Å²) >= 11 is 0. The minimum atomic E-state index is -0.744. The number of H-pyrrole nitrogens is 1. The predicted molar refractivity (Wildman–Crippen MR) is 130 cm³/mol. The number of aromatic nitrogens is 2. The summed E-state index contributed by atoms with van der Waals surface area (Å²) < 4.78 is 23.8. The van der Waals surface area contributed by atoms with Crippen molar-refractivity contribution >= 4 is 22.9 Å². The Morgan fingerprint density at radius 2 is 2.08 bits per heavy atom. The number of esters is 1. The Balaban J connectivity index is 1.32. The maximum atomic E-state index is 13.0. The highest BCUT2D eigenvalue weighted by molar-refractivity contribution is 6.04. The number of hydrogen-bond acceptors (Lipinski definition) is 8. The van der Waals surface area contributed by atoms with Gasteiger partial charge in [-0.05, 0) is 49.4 Å². The van der Waals surface area contributed by atoms with Crippen LogP contribution in [0.3, 0.4) is 0 Å². The number of ketones is 1. The molecule has 2 N–H and O–H groups in total. The van der Waals surface area contributed by atoms with Gasteiger partial charge in [0.05, 0.1) is 31.4 Å². The van der Waals surface area contributed by atoms with Gasteiger partial charge in [0.1, 0.15) is 16.8 Å². The highest BCUT2D eigenvalue weighted by atomic mass is 16.7. The highest BCUT2D eigenvalue weighted by Crippen LogP contribution is 2.44. The molecule has 0 unspecified atom stereocenters. The fourth-order valence-corrected chi connectivity index (χ4v) is 5.56. The lowest BCUT2D eigenvalue weighted by Gasteiger charge is -2.49. The molecule has 2 fully saturated rings. The Hall–Kier alpha value is -3.17. The van der Waals surface area contributed by atoms with Crippen molar-refractivity contribution in [2.45, 2.75) is 70.4 Å². The summed E-state index contributed by atoms with van der Waals surface area (Å²) in [5.41, 5.74) is 1.24. The molecule has 2 aliphatic rings. The van der Waals surface area contributed by atoms with Crippen LogP contribution in [0.25, 0.3) is 11.1 Å². The van der Waals surface area contributed by atoms with E-state index in [0.29, 0.717) is 23.6 Å². The van der Waals surface area contributed by atoms with E-state index in [4.69, 9.17) is 18.6 Å². The summed E-state index contributed by atoms with van der Waals surface area (Å²) in [5.74, 6) is -1.25. The first kappa shape index (κ1) is 24.5. The molecule has 5 atom stereocenters. The zero-order valence-electron chi connectivity index (χ0n) is 20.8. The Morgan fingerprint density at radius 1 is 1.25 bits per heavy atom. The van der Waals surface area contributed by atoms with Crippen LogP contribution >= 0.6 is 0 Å². The van der Waals surface area contributed by atoms with E-state index in [0.717, 1.165) is 32.1 Å². The van der Waals surface area contributed by atoms with Crippen LogP contribution in [0.1, 0.15) is 72.7 Å². The number of hydrogen-bond donors (Lipinski definition) is 2. The molecular formula is C27H32N2O7. The molecule has 3 aromatic rings. The summed E-state index contributed by atoms with van der Waals surface area (Å²) in [5, 5.41) is 10.1. The van der Waals surface area contributed by atoms with Crippen molar-refractivity contribution in [3.8, 4) is 5.75 Å². The minimum absolute atomic E-state index is 0.0146. The molecule has 0 bridgehead atoms. The number of nitrogens with one attached hydrogen (secondary N) is 1. The first-order valence-electron chi connectivity index (χ1n) is 12.5. The predicted octanol–water partition coefficient (Wildman–Crippen LogP) is 4.79. The number of Topliss-reactive ketones (excluding diaryl/α,β-unsaturated/α-hetero) is 1. The molecule has 0 amide bonds. The molecule has 4 heterocycles. The number of carbonyl (C=O) groups is 2. The van der Waals surface area contributed by atoms with Crippen LogP contribution < -0.4 is 0 Å². The molecule has 1 spiro atoms. The minimum Gasteiger partial charge on any atom is -0.507 e. The number of aromatic amines is 1. The van der Waals surface area contributed by atoms with Crippen LogP contribution in [-0.2, 0) is 20.6 Å². The first-order chi connectivity index (χ1) is 17.3. The Bertz CT molecular complexity index is 1250. The van der Waals surface area contributed by atoms with Crippen LogP contribution in [-0.4, -0.2) is 51.9 Å². The van der Waals surface area contributed by atoms with Gasteiger partial charge in [-0.25, -0.2) is 9.78 Å². The number of ether oxygens (including phenoxy) is 3. The fourth-order valence-electron chi connectivity index (χ4n) is 5.56. The van der Waals surface area contributed by atoms with Gasteiger partial charge >= 0.3 is 5.97 Å². The lowest BCUT2D eigenvalue weighted by atomic mass is 9.81. The van der Waals surface area contributed by atoms with Crippen molar-refractivity contribution in [2.24, 2.45) is 11.8 Å². The number of fused-ring (bicyclic) bond motifs is 1. The topological polar surface area (TPSA) is 124 Å².